The van der Waals surface area contributed by atoms with Crippen molar-refractivity contribution >= 4 is 49.6 Å². The van der Waals surface area contributed by atoms with Crippen LogP contribution in [0.3, 0.4) is 0 Å². The van der Waals surface area contributed by atoms with Gasteiger partial charge in [-0.25, -0.2) is 0 Å². The first-order valence-corrected chi connectivity index (χ1v) is 20.6. The van der Waals surface area contributed by atoms with E-state index in [2.05, 4.69) is 252 Å². The minimum absolute atomic E-state index is 1.09. The number of anilines is 3. The summed E-state index contributed by atoms with van der Waals surface area (Å²) in [7, 11) is 0. The second kappa shape index (κ2) is 15.1. The number of nitrogens with zero attached hydrogens (tertiary/aromatic N) is 2. The minimum atomic E-state index is 1.09. The topological polar surface area (TPSA) is 8.17 Å². The highest BCUT2D eigenvalue weighted by atomic mass is 15.1. The van der Waals surface area contributed by atoms with Gasteiger partial charge in [-0.3, -0.25) is 0 Å². The largest absolute Gasteiger partial charge is 0.310 e. The van der Waals surface area contributed by atoms with Crippen molar-refractivity contribution in [2.24, 2.45) is 0 Å². The van der Waals surface area contributed by atoms with Crippen molar-refractivity contribution in [1.82, 2.24) is 4.57 Å². The van der Waals surface area contributed by atoms with Crippen LogP contribution < -0.4 is 4.90 Å². The zero-order valence-electron chi connectivity index (χ0n) is 33.0. The number of para-hydroxylation sites is 2. The zero-order valence-corrected chi connectivity index (χ0v) is 33.0. The van der Waals surface area contributed by atoms with Crippen LogP contribution in [0.1, 0.15) is 0 Å². The molecular formula is C58H40N2. The first kappa shape index (κ1) is 35.2. The molecule has 0 saturated carbocycles. The van der Waals surface area contributed by atoms with E-state index >= 15 is 0 Å². The molecule has 0 atom stereocenters. The van der Waals surface area contributed by atoms with E-state index in [1.165, 1.54) is 71.5 Å². The molecule has 0 fully saturated rings. The van der Waals surface area contributed by atoms with Gasteiger partial charge in [0, 0.05) is 33.4 Å². The van der Waals surface area contributed by atoms with Gasteiger partial charge in [-0.05, 0) is 104 Å². The molecule has 2 nitrogen and oxygen atoms in total. The maximum absolute atomic E-state index is 2.43. The molecule has 0 aliphatic carbocycles. The van der Waals surface area contributed by atoms with E-state index < -0.39 is 0 Å². The summed E-state index contributed by atoms with van der Waals surface area (Å²) in [5.74, 6) is 0. The predicted molar refractivity (Wildman–Crippen MR) is 255 cm³/mol. The lowest BCUT2D eigenvalue weighted by Crippen LogP contribution is -2.11. The van der Waals surface area contributed by atoms with Crippen LogP contribution in [0, 0.1) is 0 Å². The Balaban J connectivity index is 1.06. The summed E-state index contributed by atoms with van der Waals surface area (Å²) in [5.41, 5.74) is 16.4. The molecule has 0 N–H and O–H groups in total. The highest BCUT2D eigenvalue weighted by molar-refractivity contribution is 6.17. The second-order valence-corrected chi connectivity index (χ2v) is 15.3. The Kier molecular flexibility index (Phi) is 8.87. The highest BCUT2D eigenvalue weighted by Crippen LogP contribution is 2.46. The van der Waals surface area contributed by atoms with Gasteiger partial charge in [0.15, 0.2) is 0 Å². The van der Waals surface area contributed by atoms with E-state index in [0.29, 0.717) is 0 Å². The average molecular weight is 765 g/mol. The molecule has 0 bridgehead atoms. The number of hydrogen-bond donors (Lipinski definition) is 0. The number of benzene rings is 10. The van der Waals surface area contributed by atoms with Gasteiger partial charge in [0.1, 0.15) is 0 Å². The normalized spacial score (nSPS) is 11.3. The van der Waals surface area contributed by atoms with Crippen LogP contribution in [0.2, 0.25) is 0 Å². The Morgan fingerprint density at radius 3 is 1.40 bits per heavy atom. The van der Waals surface area contributed by atoms with Crippen molar-refractivity contribution in [3.05, 3.63) is 243 Å². The van der Waals surface area contributed by atoms with E-state index in [0.717, 1.165) is 28.3 Å². The van der Waals surface area contributed by atoms with Gasteiger partial charge in [-0.2, -0.15) is 0 Å². The number of aromatic nitrogens is 1. The van der Waals surface area contributed by atoms with Crippen molar-refractivity contribution in [3.8, 4) is 50.2 Å². The maximum atomic E-state index is 2.43. The maximum Gasteiger partial charge on any atom is 0.0547 e. The molecule has 0 aliphatic rings. The Bertz CT molecular complexity index is 3270. The van der Waals surface area contributed by atoms with Crippen molar-refractivity contribution in [2.75, 3.05) is 4.90 Å². The Hall–Kier alpha value is -7.94. The third-order valence-electron chi connectivity index (χ3n) is 11.8. The van der Waals surface area contributed by atoms with Gasteiger partial charge in [-0.1, -0.05) is 188 Å². The Labute approximate surface area is 350 Å². The van der Waals surface area contributed by atoms with Crippen LogP contribution in [0.5, 0.6) is 0 Å². The summed E-state index contributed by atoms with van der Waals surface area (Å²) in [6.07, 6.45) is 0. The number of fused-ring (bicyclic) bond motifs is 4. The van der Waals surface area contributed by atoms with Crippen LogP contribution in [-0.2, 0) is 0 Å². The molecule has 0 spiro atoms. The number of hydrogen-bond acceptors (Lipinski definition) is 1. The molecule has 0 aliphatic heterocycles. The van der Waals surface area contributed by atoms with E-state index in [4.69, 9.17) is 0 Å². The van der Waals surface area contributed by atoms with Crippen molar-refractivity contribution in [1.29, 1.82) is 0 Å². The van der Waals surface area contributed by atoms with Crippen LogP contribution in [0.15, 0.2) is 243 Å². The lowest BCUT2D eigenvalue weighted by Gasteiger charge is -2.28. The van der Waals surface area contributed by atoms with Crippen molar-refractivity contribution in [3.63, 3.8) is 0 Å². The summed E-state index contributed by atoms with van der Waals surface area (Å²) in [5, 5.41) is 4.93. The summed E-state index contributed by atoms with van der Waals surface area (Å²) in [4.78, 5) is 2.41. The molecule has 11 aromatic rings. The predicted octanol–water partition coefficient (Wildman–Crippen LogP) is 16.1. The molecule has 2 heteroatoms. The fourth-order valence-electron chi connectivity index (χ4n) is 8.88. The average Bonchev–Trinajstić information content (AvgIpc) is 3.67. The molecule has 1 aromatic heterocycles. The summed E-state index contributed by atoms with van der Waals surface area (Å²) in [6, 6.07) is 87.9. The third-order valence-corrected chi connectivity index (χ3v) is 11.8. The van der Waals surface area contributed by atoms with E-state index in [1.807, 2.05) is 0 Å². The van der Waals surface area contributed by atoms with E-state index in [-0.39, 0.29) is 0 Å². The first-order chi connectivity index (χ1) is 29.8. The molecule has 0 amide bonds. The molecule has 60 heavy (non-hydrogen) atoms. The molecule has 0 saturated heterocycles. The van der Waals surface area contributed by atoms with Crippen LogP contribution >= 0.6 is 0 Å². The van der Waals surface area contributed by atoms with Gasteiger partial charge in [-0.15, -0.1) is 0 Å². The monoisotopic (exact) mass is 764 g/mol. The Morgan fingerprint density at radius 1 is 0.300 bits per heavy atom. The lowest BCUT2D eigenvalue weighted by atomic mass is 9.96. The van der Waals surface area contributed by atoms with Crippen LogP contribution in [0.25, 0.3) is 82.8 Å². The van der Waals surface area contributed by atoms with Gasteiger partial charge >= 0.3 is 0 Å². The van der Waals surface area contributed by atoms with Gasteiger partial charge in [0.2, 0.25) is 0 Å². The van der Waals surface area contributed by atoms with Crippen LogP contribution in [0.4, 0.5) is 17.1 Å². The molecule has 1 heterocycles. The quantitative estimate of drug-likeness (QED) is 0.150. The van der Waals surface area contributed by atoms with Gasteiger partial charge < -0.3 is 9.47 Å². The van der Waals surface area contributed by atoms with Crippen molar-refractivity contribution in [2.45, 2.75) is 0 Å². The van der Waals surface area contributed by atoms with Crippen LogP contribution in [-0.4, -0.2) is 4.57 Å². The third kappa shape index (κ3) is 6.32. The fraction of sp³-hybridized carbons (Fsp3) is 0. The molecule has 282 valence electrons. The van der Waals surface area contributed by atoms with E-state index in [9.17, 15) is 0 Å². The van der Waals surface area contributed by atoms with Gasteiger partial charge in [0.05, 0.1) is 16.7 Å². The lowest BCUT2D eigenvalue weighted by molar-refractivity contribution is 1.19. The molecule has 10 aromatic carbocycles. The van der Waals surface area contributed by atoms with E-state index in [1.54, 1.807) is 0 Å². The van der Waals surface area contributed by atoms with Crippen molar-refractivity contribution < 1.29 is 0 Å². The second-order valence-electron chi connectivity index (χ2n) is 15.3. The highest BCUT2D eigenvalue weighted by Gasteiger charge is 2.22. The molecule has 11 rings (SSSR count). The smallest absolute Gasteiger partial charge is 0.0547 e. The summed E-state index contributed by atoms with van der Waals surface area (Å²) >= 11 is 0. The molecule has 0 unspecified atom stereocenters. The standard InChI is InChI=1S/C58H40N2/c1-3-14-41(15-4-1)44-26-28-45(29-27-44)47-32-37-50(38-33-47)59(49-35-30-46(31-36-49)42-16-5-2-6-17-42)55-23-11-9-20-52(55)53-22-13-25-57-58(53)54-21-10-12-24-56(54)60(57)51-39-34-43-18-7-8-19-48(43)40-51/h1-40H. The summed E-state index contributed by atoms with van der Waals surface area (Å²) in [6.45, 7) is 0. The summed E-state index contributed by atoms with van der Waals surface area (Å²) < 4.78 is 2.43. The first-order valence-electron chi connectivity index (χ1n) is 20.6. The molecular weight excluding hydrogens is 725 g/mol. The zero-order chi connectivity index (χ0) is 39.8. The Morgan fingerprint density at radius 2 is 0.767 bits per heavy atom. The number of rotatable bonds is 8. The SMILES string of the molecule is c1ccc(-c2ccc(-c3ccc(N(c4ccc(-c5ccccc5)cc4)c4ccccc4-c4cccc5c4c4ccccc4n5-c4ccc5ccccc5c4)cc3)cc2)cc1. The van der Waals surface area contributed by atoms with Gasteiger partial charge in [0.25, 0.3) is 0 Å². The fourth-order valence-corrected chi connectivity index (χ4v) is 8.88. The molecule has 0 radical (unpaired) electrons. The minimum Gasteiger partial charge on any atom is -0.310 e.